The molecule has 11 heteroatoms. The second kappa shape index (κ2) is 51.6. The molecule has 11 nitrogen and oxygen atoms in total. The van der Waals surface area contributed by atoms with E-state index in [0.29, 0.717) is 19.3 Å². The minimum atomic E-state index is -1.68. The van der Waals surface area contributed by atoms with E-state index in [1.807, 2.05) is 0 Å². The van der Waals surface area contributed by atoms with E-state index in [2.05, 4.69) is 79.9 Å². The quantitative estimate of drug-likeness (QED) is 0.0215. The summed E-state index contributed by atoms with van der Waals surface area (Å²) in [7, 11) is 0. The first kappa shape index (κ1) is 69.8. The summed E-state index contributed by atoms with van der Waals surface area (Å²) < 4.78 is 11.1. The van der Waals surface area contributed by atoms with Crippen molar-refractivity contribution in [2.45, 2.75) is 319 Å². The molecule has 1 amide bonds. The van der Waals surface area contributed by atoms with Crippen LogP contribution in [0.4, 0.5) is 0 Å². The van der Waals surface area contributed by atoms with Gasteiger partial charge in [-0.2, -0.15) is 0 Å². The average molecular weight is 1050 g/mol. The zero-order valence-corrected chi connectivity index (χ0v) is 47.3. The van der Waals surface area contributed by atoms with E-state index in [9.17, 15) is 40.5 Å². The predicted molar refractivity (Wildman–Crippen MR) is 307 cm³/mol. The summed E-state index contributed by atoms with van der Waals surface area (Å²) in [5.74, 6) is -0.715. The lowest BCUT2D eigenvalue weighted by atomic mass is 9.98. The lowest BCUT2D eigenvalue weighted by molar-refractivity contribution is -0.303. The molecule has 0 bridgehead atoms. The van der Waals surface area contributed by atoms with Crippen molar-refractivity contribution in [3.63, 3.8) is 0 Å². The van der Waals surface area contributed by atoms with Crippen molar-refractivity contribution in [2.75, 3.05) is 13.2 Å². The third-order valence-electron chi connectivity index (χ3n) is 14.5. The lowest BCUT2D eigenvalue weighted by Gasteiger charge is -2.40. The third kappa shape index (κ3) is 39.2. The maximum absolute atomic E-state index is 13.2. The molecule has 1 heterocycles. The Kier molecular flexibility index (Phi) is 48.7. The number of allylic oxidation sites excluding steroid dienone is 10. The Hall–Kier alpha value is -2.19. The molecule has 432 valence electrons. The molecule has 1 fully saturated rings. The number of nitrogens with one attached hydrogen (secondary N) is 1. The summed E-state index contributed by atoms with van der Waals surface area (Å²) in [6.45, 7) is 3.45. The van der Waals surface area contributed by atoms with Gasteiger partial charge in [0.25, 0.3) is 0 Å². The maximum atomic E-state index is 13.2. The van der Waals surface area contributed by atoms with Gasteiger partial charge in [0.15, 0.2) is 6.29 Å². The minimum Gasteiger partial charge on any atom is -0.394 e. The van der Waals surface area contributed by atoms with Gasteiger partial charge in [-0.1, -0.05) is 229 Å². The number of carbonyl (C=O) groups excluding carboxylic acids is 1. The highest BCUT2D eigenvalue weighted by atomic mass is 16.7. The van der Waals surface area contributed by atoms with E-state index >= 15 is 0 Å². The SMILES string of the molecule is CCCCCCCCCC/C=C/CC/C=C/CC/C=C/CCCC(O)C(O)C(COC1OC(CO)C(O)C(O)C1O)NC(=O)C(O)CCCCCCCCCCCC/C=C\C/C=C\CCCCCCCCCCC. The van der Waals surface area contributed by atoms with Crippen LogP contribution >= 0.6 is 0 Å². The Morgan fingerprint density at radius 3 is 1.28 bits per heavy atom. The molecule has 0 aliphatic carbocycles. The van der Waals surface area contributed by atoms with Crippen LogP contribution in [0.5, 0.6) is 0 Å². The van der Waals surface area contributed by atoms with Gasteiger partial charge in [-0.25, -0.2) is 0 Å². The third-order valence-corrected chi connectivity index (χ3v) is 14.5. The Morgan fingerprint density at radius 2 is 0.851 bits per heavy atom. The Labute approximate surface area is 452 Å². The van der Waals surface area contributed by atoms with Gasteiger partial charge in [0.2, 0.25) is 5.91 Å². The van der Waals surface area contributed by atoms with Crippen LogP contribution in [0.3, 0.4) is 0 Å². The van der Waals surface area contributed by atoms with Gasteiger partial charge in [-0.05, 0) is 96.3 Å². The predicted octanol–water partition coefficient (Wildman–Crippen LogP) is 13.4. The molecule has 0 aromatic heterocycles. The van der Waals surface area contributed by atoms with Gasteiger partial charge in [0, 0.05) is 0 Å². The van der Waals surface area contributed by atoms with Crippen LogP contribution in [0, 0.1) is 0 Å². The van der Waals surface area contributed by atoms with Crippen LogP contribution in [0.1, 0.15) is 264 Å². The number of amides is 1. The summed E-state index contributed by atoms with van der Waals surface area (Å²) in [4.78, 5) is 13.2. The van der Waals surface area contributed by atoms with Gasteiger partial charge < -0.3 is 50.5 Å². The molecular formula is C63H115NO10. The van der Waals surface area contributed by atoms with Crippen molar-refractivity contribution in [1.29, 1.82) is 0 Å². The fourth-order valence-electron chi connectivity index (χ4n) is 9.50. The Balaban J connectivity index is 2.32. The Morgan fingerprint density at radius 1 is 0.473 bits per heavy atom. The molecule has 0 saturated carbocycles. The number of aliphatic hydroxyl groups is 7. The van der Waals surface area contributed by atoms with E-state index in [1.165, 1.54) is 161 Å². The number of rotatable bonds is 52. The maximum Gasteiger partial charge on any atom is 0.249 e. The number of carbonyl (C=O) groups is 1. The molecule has 1 aliphatic rings. The van der Waals surface area contributed by atoms with Gasteiger partial charge in [0.05, 0.1) is 25.4 Å². The Bertz CT molecular complexity index is 1380. The second-order valence-electron chi connectivity index (χ2n) is 21.4. The van der Waals surface area contributed by atoms with Crippen LogP contribution < -0.4 is 5.32 Å². The van der Waals surface area contributed by atoms with Crippen molar-refractivity contribution >= 4 is 5.91 Å². The molecule has 0 radical (unpaired) electrons. The summed E-state index contributed by atoms with van der Waals surface area (Å²) in [6, 6.07) is -1.20. The van der Waals surface area contributed by atoms with E-state index in [-0.39, 0.29) is 12.8 Å². The highest BCUT2D eigenvalue weighted by molar-refractivity contribution is 5.80. The molecule has 0 spiro atoms. The number of ether oxygens (including phenoxy) is 2. The zero-order chi connectivity index (χ0) is 54.0. The summed E-state index contributed by atoms with van der Waals surface area (Å²) >= 11 is 0. The van der Waals surface area contributed by atoms with Crippen molar-refractivity contribution in [3.05, 3.63) is 60.8 Å². The molecule has 1 rings (SSSR count). The van der Waals surface area contributed by atoms with Gasteiger partial charge >= 0.3 is 0 Å². The molecular weight excluding hydrogens is 931 g/mol. The number of hydrogen-bond acceptors (Lipinski definition) is 10. The van der Waals surface area contributed by atoms with E-state index in [0.717, 1.165) is 57.8 Å². The first-order chi connectivity index (χ1) is 36.2. The summed E-state index contributed by atoms with van der Waals surface area (Å²) in [6.07, 6.45) is 55.6. The van der Waals surface area contributed by atoms with Crippen molar-refractivity contribution in [3.8, 4) is 0 Å². The van der Waals surface area contributed by atoms with E-state index in [1.54, 1.807) is 0 Å². The van der Waals surface area contributed by atoms with Crippen LogP contribution in [0.25, 0.3) is 0 Å². The molecule has 9 unspecified atom stereocenters. The van der Waals surface area contributed by atoms with Crippen molar-refractivity contribution in [1.82, 2.24) is 5.32 Å². The van der Waals surface area contributed by atoms with Crippen LogP contribution in [-0.2, 0) is 14.3 Å². The van der Waals surface area contributed by atoms with Crippen LogP contribution in [0.15, 0.2) is 60.8 Å². The minimum absolute atomic E-state index is 0.238. The first-order valence-corrected chi connectivity index (χ1v) is 30.7. The van der Waals surface area contributed by atoms with Crippen LogP contribution in [-0.4, -0.2) is 110 Å². The van der Waals surface area contributed by atoms with E-state index < -0.39 is 74.2 Å². The molecule has 8 N–H and O–H groups in total. The summed E-state index contributed by atoms with van der Waals surface area (Å²) in [5.41, 5.74) is 0. The molecule has 1 aliphatic heterocycles. The first-order valence-electron chi connectivity index (χ1n) is 30.7. The zero-order valence-electron chi connectivity index (χ0n) is 47.3. The van der Waals surface area contributed by atoms with Gasteiger partial charge in [-0.3, -0.25) is 4.79 Å². The number of unbranched alkanes of at least 4 members (excludes halogenated alkanes) is 30. The highest BCUT2D eigenvalue weighted by Gasteiger charge is 2.44. The lowest BCUT2D eigenvalue weighted by Crippen LogP contribution is -2.60. The largest absolute Gasteiger partial charge is 0.394 e. The van der Waals surface area contributed by atoms with Crippen LogP contribution in [0.2, 0.25) is 0 Å². The number of aliphatic hydroxyl groups excluding tert-OH is 7. The van der Waals surface area contributed by atoms with E-state index in [4.69, 9.17) is 9.47 Å². The van der Waals surface area contributed by atoms with Crippen molar-refractivity contribution < 1.29 is 50.0 Å². The molecule has 74 heavy (non-hydrogen) atoms. The van der Waals surface area contributed by atoms with Gasteiger partial charge in [0.1, 0.15) is 36.6 Å². The summed E-state index contributed by atoms with van der Waals surface area (Å²) in [5, 5.41) is 76.2. The standard InChI is InChI=1S/C63H115NO10/c1-3-5-7-9-11-13-15-17-19-21-23-25-26-27-28-29-31-33-35-37-39-41-43-45-47-49-51-56(67)62(72)64-54(53-73-63-61(71)60(70)59(69)57(52-65)74-63)58(68)55(66)50-48-46-44-42-40-38-36-34-32-30-24-22-20-18-16-14-12-10-8-6-4-2/h22-25,27-28,34,36,42,44,54-61,63,65-71H,3-21,26,29-33,35,37-41,43,45-53H2,1-2H3,(H,64,72)/b24-22+,25-23-,28-27-,36-34+,44-42+. The van der Waals surface area contributed by atoms with Crippen molar-refractivity contribution in [2.24, 2.45) is 0 Å². The smallest absolute Gasteiger partial charge is 0.249 e. The highest BCUT2D eigenvalue weighted by Crippen LogP contribution is 2.23. The average Bonchev–Trinajstić information content (AvgIpc) is 3.40. The topological polar surface area (TPSA) is 189 Å². The van der Waals surface area contributed by atoms with Gasteiger partial charge in [-0.15, -0.1) is 0 Å². The molecule has 9 atom stereocenters. The monoisotopic (exact) mass is 1050 g/mol. The normalized spacial score (nSPS) is 20.3. The molecule has 1 saturated heterocycles. The molecule has 0 aromatic carbocycles. The fourth-order valence-corrected chi connectivity index (χ4v) is 9.50. The fraction of sp³-hybridized carbons (Fsp3) is 0.825. The number of hydrogen-bond donors (Lipinski definition) is 8. The second-order valence-corrected chi connectivity index (χ2v) is 21.4. The molecule has 0 aromatic rings.